The quantitative estimate of drug-likeness (QED) is 0.418. The van der Waals surface area contributed by atoms with Crippen molar-refractivity contribution >= 4 is 28.2 Å². The summed E-state index contributed by atoms with van der Waals surface area (Å²) in [5, 5.41) is 13.6. The molecule has 0 amide bonds. The summed E-state index contributed by atoms with van der Waals surface area (Å²) in [7, 11) is 0. The molecule has 0 unspecified atom stereocenters. The lowest BCUT2D eigenvalue weighted by molar-refractivity contribution is 0.535. The molecule has 2 N–H and O–H groups in total. The zero-order valence-corrected chi connectivity index (χ0v) is 17.7. The van der Waals surface area contributed by atoms with Crippen molar-refractivity contribution in [2.75, 3.05) is 5.32 Å². The number of nitrogens with one attached hydrogen (secondary N) is 2. The minimum atomic E-state index is -0.395. The number of aromatic nitrogens is 4. The Balaban J connectivity index is 1.88. The number of H-pyrrole nitrogens is 1. The highest BCUT2D eigenvalue weighted by molar-refractivity contribution is 6.34. The number of hydrogen-bond donors (Lipinski definition) is 2. The van der Waals surface area contributed by atoms with E-state index in [0.717, 1.165) is 56.2 Å². The summed E-state index contributed by atoms with van der Waals surface area (Å²) in [5.74, 6) is 1.34. The van der Waals surface area contributed by atoms with Crippen molar-refractivity contribution in [1.82, 2.24) is 19.7 Å². The molecular weight excluding hydrogens is 389 g/mol. The van der Waals surface area contributed by atoms with Gasteiger partial charge in [-0.1, -0.05) is 11.6 Å². The Kier molecular flexibility index (Phi) is 3.65. The molecule has 5 rings (SSSR count). The maximum atomic E-state index is 14.5. The molecule has 1 aliphatic rings. The summed E-state index contributed by atoms with van der Waals surface area (Å²) in [6, 6.07) is 5.01. The fourth-order valence-electron chi connectivity index (χ4n) is 4.44. The number of fused-ring (bicyclic) bond motifs is 4. The van der Waals surface area contributed by atoms with Gasteiger partial charge in [-0.25, -0.2) is 4.39 Å². The summed E-state index contributed by atoms with van der Waals surface area (Å²) < 4.78 is 16.6. The lowest BCUT2D eigenvalue weighted by Gasteiger charge is -2.35. The van der Waals surface area contributed by atoms with Crippen molar-refractivity contribution in [2.45, 2.75) is 40.2 Å². The molecule has 1 aliphatic heterocycles. The van der Waals surface area contributed by atoms with E-state index in [1.54, 1.807) is 12.1 Å². The Morgan fingerprint density at radius 1 is 1.10 bits per heavy atom. The van der Waals surface area contributed by atoms with Gasteiger partial charge in [-0.15, -0.1) is 10.2 Å². The molecule has 0 radical (unpaired) electrons. The number of anilines is 1. The molecule has 0 fully saturated rings. The minimum Gasteiger partial charge on any atom is -0.371 e. The van der Waals surface area contributed by atoms with Crippen LogP contribution >= 0.6 is 11.6 Å². The van der Waals surface area contributed by atoms with Crippen LogP contribution in [0.3, 0.4) is 0 Å². The summed E-state index contributed by atoms with van der Waals surface area (Å²) in [6.07, 6.45) is 1.89. The van der Waals surface area contributed by atoms with Gasteiger partial charge >= 0.3 is 0 Å². The summed E-state index contributed by atoms with van der Waals surface area (Å²) >= 11 is 6.78. The number of hydrogen-bond acceptors (Lipinski definition) is 3. The van der Waals surface area contributed by atoms with Crippen molar-refractivity contribution < 1.29 is 4.39 Å². The first-order chi connectivity index (χ1) is 13.7. The molecule has 5 nitrogen and oxygen atoms in total. The Morgan fingerprint density at radius 3 is 2.62 bits per heavy atom. The normalized spacial score (nSPS) is 14.6. The van der Waals surface area contributed by atoms with Gasteiger partial charge in [-0.05, 0) is 63.9 Å². The number of rotatable bonds is 1. The number of halogens is 2. The van der Waals surface area contributed by atoms with Crippen LogP contribution in [0.2, 0.25) is 5.02 Å². The zero-order valence-electron chi connectivity index (χ0n) is 16.9. The third-order valence-corrected chi connectivity index (χ3v) is 6.08. The molecule has 0 aliphatic carbocycles. The standard InChI is InChI=1S/C22H21ClFN5/c1-10-9-25-19-14(10)6-13(24)7-15(19)18-11(2)20-17(8-16(18)23)26-22(4,5)21-28-27-12(3)29(20)21/h6-9,25-26H,1-5H3. The molecule has 0 saturated heterocycles. The summed E-state index contributed by atoms with van der Waals surface area (Å²) in [6.45, 7) is 10.0. The highest BCUT2D eigenvalue weighted by Crippen LogP contribution is 2.46. The Labute approximate surface area is 172 Å². The molecular formula is C22H21ClFN5. The van der Waals surface area contributed by atoms with Crippen LogP contribution in [0.25, 0.3) is 27.7 Å². The fourth-order valence-corrected chi connectivity index (χ4v) is 4.79. The van der Waals surface area contributed by atoms with Gasteiger partial charge < -0.3 is 10.3 Å². The SMILES string of the molecule is Cc1c(-c2cc(F)cc3c(C)c[nH]c23)c(Cl)cc2c1-n1c(C)nnc1C(C)(C)N2. The van der Waals surface area contributed by atoms with Gasteiger partial charge in [-0.2, -0.15) is 0 Å². The lowest BCUT2D eigenvalue weighted by atomic mass is 9.92. The largest absolute Gasteiger partial charge is 0.371 e. The average Bonchev–Trinajstić information content (AvgIpc) is 3.19. The molecule has 0 spiro atoms. The van der Waals surface area contributed by atoms with E-state index in [-0.39, 0.29) is 5.82 Å². The van der Waals surface area contributed by atoms with Gasteiger partial charge in [0.25, 0.3) is 0 Å². The zero-order chi connectivity index (χ0) is 20.7. The molecule has 2 aromatic heterocycles. The number of benzene rings is 2. The monoisotopic (exact) mass is 409 g/mol. The molecule has 3 heterocycles. The third-order valence-electron chi connectivity index (χ3n) is 5.78. The van der Waals surface area contributed by atoms with Crippen LogP contribution in [0.1, 0.15) is 36.6 Å². The van der Waals surface area contributed by atoms with Gasteiger partial charge in [0, 0.05) is 22.7 Å². The number of aryl methyl sites for hydroxylation is 2. The van der Waals surface area contributed by atoms with E-state index in [1.807, 2.05) is 33.0 Å². The summed E-state index contributed by atoms with van der Waals surface area (Å²) in [5.41, 5.74) is 5.82. The first kappa shape index (κ1) is 18.2. The van der Waals surface area contributed by atoms with E-state index in [9.17, 15) is 4.39 Å². The van der Waals surface area contributed by atoms with E-state index < -0.39 is 5.54 Å². The van der Waals surface area contributed by atoms with Gasteiger partial charge in [-0.3, -0.25) is 4.57 Å². The van der Waals surface area contributed by atoms with Crippen LogP contribution in [0.15, 0.2) is 24.4 Å². The smallest absolute Gasteiger partial charge is 0.162 e. The highest BCUT2D eigenvalue weighted by Gasteiger charge is 2.36. The van der Waals surface area contributed by atoms with Crippen LogP contribution in [-0.2, 0) is 5.54 Å². The first-order valence-electron chi connectivity index (χ1n) is 9.51. The van der Waals surface area contributed by atoms with Gasteiger partial charge in [0.15, 0.2) is 5.82 Å². The highest BCUT2D eigenvalue weighted by atomic mass is 35.5. The van der Waals surface area contributed by atoms with Crippen molar-refractivity contribution in [3.05, 3.63) is 58.0 Å². The van der Waals surface area contributed by atoms with E-state index >= 15 is 0 Å². The minimum absolute atomic E-state index is 0.288. The van der Waals surface area contributed by atoms with Gasteiger partial charge in [0.2, 0.25) is 0 Å². The predicted molar refractivity (Wildman–Crippen MR) is 114 cm³/mol. The van der Waals surface area contributed by atoms with Crippen molar-refractivity contribution in [3.8, 4) is 16.8 Å². The number of nitrogens with zero attached hydrogens (tertiary/aromatic N) is 3. The molecule has 0 saturated carbocycles. The molecule has 0 atom stereocenters. The second kappa shape index (κ2) is 5.83. The Hall–Kier alpha value is -2.86. The van der Waals surface area contributed by atoms with E-state index in [4.69, 9.17) is 11.6 Å². The third kappa shape index (κ3) is 2.45. The second-order valence-corrected chi connectivity index (χ2v) is 8.67. The Morgan fingerprint density at radius 2 is 1.86 bits per heavy atom. The number of aromatic amines is 1. The van der Waals surface area contributed by atoms with Gasteiger partial charge in [0.05, 0.1) is 27.5 Å². The van der Waals surface area contributed by atoms with E-state index in [0.29, 0.717) is 5.02 Å². The topological polar surface area (TPSA) is 58.5 Å². The molecule has 0 bridgehead atoms. The van der Waals surface area contributed by atoms with Crippen molar-refractivity contribution in [3.63, 3.8) is 0 Å². The Bertz CT molecular complexity index is 1310. The maximum Gasteiger partial charge on any atom is 0.162 e. The second-order valence-electron chi connectivity index (χ2n) is 8.26. The molecule has 148 valence electrons. The average molecular weight is 410 g/mol. The van der Waals surface area contributed by atoms with Crippen LogP contribution in [0, 0.1) is 26.6 Å². The summed E-state index contributed by atoms with van der Waals surface area (Å²) in [4.78, 5) is 3.28. The van der Waals surface area contributed by atoms with Crippen LogP contribution in [-0.4, -0.2) is 19.7 Å². The maximum absolute atomic E-state index is 14.5. The molecule has 29 heavy (non-hydrogen) atoms. The van der Waals surface area contributed by atoms with Crippen molar-refractivity contribution in [2.24, 2.45) is 0 Å². The molecule has 2 aromatic carbocycles. The van der Waals surface area contributed by atoms with Crippen LogP contribution < -0.4 is 5.32 Å². The van der Waals surface area contributed by atoms with Crippen LogP contribution in [0.5, 0.6) is 0 Å². The van der Waals surface area contributed by atoms with Gasteiger partial charge in [0.1, 0.15) is 11.6 Å². The van der Waals surface area contributed by atoms with E-state index in [2.05, 4.69) is 38.9 Å². The fraction of sp³-hybridized carbons (Fsp3) is 0.273. The van der Waals surface area contributed by atoms with E-state index in [1.165, 1.54) is 0 Å². The first-order valence-corrected chi connectivity index (χ1v) is 9.88. The van der Waals surface area contributed by atoms with Crippen LogP contribution in [0.4, 0.5) is 10.1 Å². The lowest BCUT2D eigenvalue weighted by Crippen LogP contribution is -2.36. The molecule has 7 heteroatoms. The molecule has 4 aromatic rings. The van der Waals surface area contributed by atoms with Crippen molar-refractivity contribution in [1.29, 1.82) is 0 Å². The predicted octanol–water partition coefficient (Wildman–Crippen LogP) is 5.79.